The van der Waals surface area contributed by atoms with Gasteiger partial charge >= 0.3 is 0 Å². The van der Waals surface area contributed by atoms with E-state index in [-0.39, 0.29) is 0 Å². The van der Waals surface area contributed by atoms with Crippen LogP contribution in [0.15, 0.2) is 158 Å². The molecule has 0 N–H and O–H groups in total. The fourth-order valence-electron chi connectivity index (χ4n) is 7.03. The van der Waals surface area contributed by atoms with Gasteiger partial charge in [-0.3, -0.25) is 0 Å². The van der Waals surface area contributed by atoms with Gasteiger partial charge in [-0.05, 0) is 72.4 Å². The molecule has 0 bridgehead atoms. The number of rotatable bonds is 3. The quantitative estimate of drug-likeness (QED) is 0.200. The smallest absolute Gasteiger partial charge is 0.143 e. The number of hydrogen-bond acceptors (Lipinski definition) is 1. The number of benzene rings is 8. The zero-order valence-electron chi connectivity index (χ0n) is 23.4. The van der Waals surface area contributed by atoms with Crippen molar-refractivity contribution >= 4 is 32.3 Å². The van der Waals surface area contributed by atoms with Crippen LogP contribution in [-0.4, -0.2) is 0 Å². The van der Waals surface area contributed by atoms with E-state index in [0.717, 1.165) is 33.6 Å². The number of fused-ring (bicyclic) bond motifs is 4. The first kappa shape index (κ1) is 24.0. The maximum atomic E-state index is 6.78. The SMILES string of the molecule is c1ccc(-c2ccc3c(-c4c5ccccc5c(-c5ccccc5)c5ccccc45)ccc4c3c2Oc2ccccc2-4)cc1. The van der Waals surface area contributed by atoms with Crippen LogP contribution in [0.3, 0.4) is 0 Å². The van der Waals surface area contributed by atoms with Crippen molar-refractivity contribution < 1.29 is 4.74 Å². The molecular weight excluding hydrogens is 520 g/mol. The van der Waals surface area contributed by atoms with E-state index in [9.17, 15) is 0 Å². The number of ether oxygens (including phenoxy) is 1. The summed E-state index contributed by atoms with van der Waals surface area (Å²) < 4.78 is 6.78. The van der Waals surface area contributed by atoms with Gasteiger partial charge in [0.1, 0.15) is 11.5 Å². The summed E-state index contributed by atoms with van der Waals surface area (Å²) in [5, 5.41) is 7.38. The first-order chi connectivity index (χ1) is 21.4. The average Bonchev–Trinajstić information content (AvgIpc) is 3.08. The molecule has 8 aromatic rings. The highest BCUT2D eigenvalue weighted by molar-refractivity contribution is 6.25. The monoisotopic (exact) mass is 546 g/mol. The van der Waals surface area contributed by atoms with Gasteiger partial charge in [0.25, 0.3) is 0 Å². The lowest BCUT2D eigenvalue weighted by atomic mass is 9.82. The molecule has 1 heterocycles. The summed E-state index contributed by atoms with van der Waals surface area (Å²) in [6, 6.07) is 56.6. The standard InChI is InChI=1S/C42H26O/c1-3-13-27(14-4-1)29-23-24-37-36(26-25-35-30-17-11-12-22-38(30)43-42(29)41(35)37)40-33-20-9-7-18-31(33)39(28-15-5-2-6-16-28)32-19-8-10-21-34(32)40/h1-26H. The molecule has 0 atom stereocenters. The lowest BCUT2D eigenvalue weighted by Crippen LogP contribution is -2.00. The van der Waals surface area contributed by atoms with Gasteiger partial charge in [0.15, 0.2) is 0 Å². The molecule has 0 aromatic heterocycles. The molecule has 1 nitrogen and oxygen atoms in total. The van der Waals surface area contributed by atoms with E-state index < -0.39 is 0 Å². The molecule has 0 aliphatic carbocycles. The summed E-state index contributed by atoms with van der Waals surface area (Å²) in [7, 11) is 0. The van der Waals surface area contributed by atoms with E-state index in [0.29, 0.717) is 0 Å². The summed E-state index contributed by atoms with van der Waals surface area (Å²) in [6.45, 7) is 0. The van der Waals surface area contributed by atoms with Crippen LogP contribution in [0, 0.1) is 0 Å². The topological polar surface area (TPSA) is 9.23 Å². The summed E-state index contributed by atoms with van der Waals surface area (Å²) >= 11 is 0. The maximum Gasteiger partial charge on any atom is 0.143 e. The third kappa shape index (κ3) is 3.58. The molecule has 0 fully saturated rings. The first-order valence-corrected chi connectivity index (χ1v) is 14.8. The Kier molecular flexibility index (Phi) is 5.27. The molecule has 0 radical (unpaired) electrons. The molecule has 1 heteroatoms. The minimum atomic E-state index is 0.899. The zero-order chi connectivity index (χ0) is 28.3. The Hall–Kier alpha value is -5.66. The lowest BCUT2D eigenvalue weighted by Gasteiger charge is -2.26. The van der Waals surface area contributed by atoms with Crippen molar-refractivity contribution in [1.82, 2.24) is 0 Å². The zero-order valence-corrected chi connectivity index (χ0v) is 23.4. The minimum absolute atomic E-state index is 0.899. The van der Waals surface area contributed by atoms with Crippen LogP contribution >= 0.6 is 0 Å². The second-order valence-corrected chi connectivity index (χ2v) is 11.2. The highest BCUT2D eigenvalue weighted by Crippen LogP contribution is 2.53. The van der Waals surface area contributed by atoms with Crippen LogP contribution in [0.5, 0.6) is 11.5 Å². The number of hydrogen-bond donors (Lipinski definition) is 0. The second-order valence-electron chi connectivity index (χ2n) is 11.2. The molecule has 200 valence electrons. The second kappa shape index (κ2) is 9.44. The van der Waals surface area contributed by atoms with E-state index in [4.69, 9.17) is 4.74 Å². The van der Waals surface area contributed by atoms with Crippen molar-refractivity contribution in [3.63, 3.8) is 0 Å². The van der Waals surface area contributed by atoms with Gasteiger partial charge in [0.2, 0.25) is 0 Å². The highest BCUT2D eigenvalue weighted by Gasteiger charge is 2.26. The Morgan fingerprint density at radius 3 is 1.49 bits per heavy atom. The Labute approximate surface area is 250 Å². The van der Waals surface area contributed by atoms with Gasteiger partial charge in [0.05, 0.1) is 0 Å². The van der Waals surface area contributed by atoms with Gasteiger partial charge in [-0.15, -0.1) is 0 Å². The summed E-state index contributed by atoms with van der Waals surface area (Å²) in [6.07, 6.45) is 0. The summed E-state index contributed by atoms with van der Waals surface area (Å²) in [5.74, 6) is 1.82. The van der Waals surface area contributed by atoms with Crippen LogP contribution in [0.25, 0.3) is 76.8 Å². The van der Waals surface area contributed by atoms with Crippen molar-refractivity contribution in [2.24, 2.45) is 0 Å². The average molecular weight is 547 g/mol. The molecule has 9 rings (SSSR count). The van der Waals surface area contributed by atoms with Crippen LogP contribution in [0.1, 0.15) is 0 Å². The Balaban J connectivity index is 1.43. The Bertz CT molecular complexity index is 2290. The van der Waals surface area contributed by atoms with Crippen molar-refractivity contribution in [2.45, 2.75) is 0 Å². The molecule has 0 saturated heterocycles. The molecule has 8 aromatic carbocycles. The van der Waals surface area contributed by atoms with Crippen LogP contribution < -0.4 is 4.74 Å². The van der Waals surface area contributed by atoms with Crippen molar-refractivity contribution in [3.05, 3.63) is 158 Å². The van der Waals surface area contributed by atoms with Crippen molar-refractivity contribution in [3.8, 4) is 56.0 Å². The van der Waals surface area contributed by atoms with Crippen LogP contribution in [0.2, 0.25) is 0 Å². The highest BCUT2D eigenvalue weighted by atomic mass is 16.5. The normalized spacial score (nSPS) is 11.9. The van der Waals surface area contributed by atoms with Gasteiger partial charge in [0, 0.05) is 16.5 Å². The molecule has 0 unspecified atom stereocenters. The maximum absolute atomic E-state index is 6.78. The van der Waals surface area contributed by atoms with Crippen LogP contribution in [0.4, 0.5) is 0 Å². The predicted molar refractivity (Wildman–Crippen MR) is 181 cm³/mol. The predicted octanol–water partition coefficient (Wildman–Crippen LogP) is 11.9. The molecule has 1 aliphatic heterocycles. The number of para-hydroxylation sites is 1. The molecule has 43 heavy (non-hydrogen) atoms. The van der Waals surface area contributed by atoms with E-state index >= 15 is 0 Å². The van der Waals surface area contributed by atoms with Gasteiger partial charge in [-0.1, -0.05) is 146 Å². The third-order valence-corrected chi connectivity index (χ3v) is 8.87. The van der Waals surface area contributed by atoms with Gasteiger partial charge in [-0.25, -0.2) is 0 Å². The molecular formula is C42H26O. The Morgan fingerprint density at radius 2 is 0.814 bits per heavy atom. The fraction of sp³-hybridized carbons (Fsp3) is 0. The Morgan fingerprint density at radius 1 is 0.302 bits per heavy atom. The third-order valence-electron chi connectivity index (χ3n) is 8.87. The molecule has 0 saturated carbocycles. The molecule has 0 amide bonds. The summed E-state index contributed by atoms with van der Waals surface area (Å²) in [5.41, 5.74) is 9.59. The van der Waals surface area contributed by atoms with Gasteiger partial charge in [-0.2, -0.15) is 0 Å². The van der Waals surface area contributed by atoms with E-state index in [1.54, 1.807) is 0 Å². The van der Waals surface area contributed by atoms with Crippen molar-refractivity contribution in [1.29, 1.82) is 0 Å². The van der Waals surface area contributed by atoms with Crippen LogP contribution in [-0.2, 0) is 0 Å². The lowest BCUT2D eigenvalue weighted by molar-refractivity contribution is 0.489. The van der Waals surface area contributed by atoms with E-state index in [1.165, 1.54) is 54.7 Å². The van der Waals surface area contributed by atoms with Crippen molar-refractivity contribution in [2.75, 3.05) is 0 Å². The summed E-state index contributed by atoms with van der Waals surface area (Å²) in [4.78, 5) is 0. The largest absolute Gasteiger partial charge is 0.455 e. The van der Waals surface area contributed by atoms with E-state index in [1.807, 2.05) is 6.07 Å². The first-order valence-electron chi connectivity index (χ1n) is 14.8. The molecule has 1 aliphatic rings. The molecule has 0 spiro atoms. The minimum Gasteiger partial charge on any atom is -0.455 e. The van der Waals surface area contributed by atoms with Gasteiger partial charge < -0.3 is 4.74 Å². The fourth-order valence-corrected chi connectivity index (χ4v) is 7.03. The van der Waals surface area contributed by atoms with E-state index in [2.05, 4.69) is 152 Å².